The van der Waals surface area contributed by atoms with Gasteiger partial charge in [-0.25, -0.2) is 0 Å². The van der Waals surface area contributed by atoms with Gasteiger partial charge in [0.25, 0.3) is 0 Å². The van der Waals surface area contributed by atoms with Gasteiger partial charge in [0, 0.05) is 12.6 Å². The Morgan fingerprint density at radius 2 is 1.83 bits per heavy atom. The Balaban J connectivity index is 1.70. The van der Waals surface area contributed by atoms with Crippen molar-refractivity contribution >= 4 is 11.6 Å². The lowest BCUT2D eigenvalue weighted by molar-refractivity contribution is -0.117. The predicted octanol–water partition coefficient (Wildman–Crippen LogP) is 1.64. The van der Waals surface area contributed by atoms with Crippen LogP contribution in [0.3, 0.4) is 0 Å². The number of carbonyl (C=O) groups is 1. The van der Waals surface area contributed by atoms with Crippen molar-refractivity contribution in [3.8, 4) is 11.4 Å². The first kappa shape index (κ1) is 15.9. The van der Waals surface area contributed by atoms with Gasteiger partial charge in [-0.2, -0.15) is 9.90 Å². The van der Waals surface area contributed by atoms with Gasteiger partial charge in [0.1, 0.15) is 6.54 Å². The van der Waals surface area contributed by atoms with Gasteiger partial charge in [-0.05, 0) is 26.0 Å². The molecule has 1 amide bonds. The van der Waals surface area contributed by atoms with Crippen molar-refractivity contribution in [1.82, 2.24) is 30.0 Å². The van der Waals surface area contributed by atoms with E-state index >= 15 is 0 Å². The number of carbonyl (C=O) groups excluding carboxylic acids is 1. The number of anilines is 1. The van der Waals surface area contributed by atoms with Crippen molar-refractivity contribution < 1.29 is 4.79 Å². The predicted molar refractivity (Wildman–Crippen MR) is 89.3 cm³/mol. The molecule has 3 rings (SSSR count). The van der Waals surface area contributed by atoms with E-state index in [0.29, 0.717) is 5.82 Å². The average Bonchev–Trinajstić information content (AvgIpc) is 3.09. The first-order chi connectivity index (χ1) is 11.4. The van der Waals surface area contributed by atoms with Gasteiger partial charge in [-0.1, -0.05) is 29.8 Å². The minimum absolute atomic E-state index is 0.00731. The number of aryl methyl sites for hydroxylation is 3. The van der Waals surface area contributed by atoms with E-state index in [0.717, 1.165) is 28.2 Å². The molecule has 1 N–H and O–H groups in total. The van der Waals surface area contributed by atoms with E-state index in [1.165, 1.54) is 4.80 Å². The topological polar surface area (TPSA) is 90.5 Å². The van der Waals surface area contributed by atoms with Gasteiger partial charge < -0.3 is 5.32 Å². The maximum Gasteiger partial charge on any atom is 0.248 e. The zero-order valence-electron chi connectivity index (χ0n) is 14.1. The molecular formula is C16H19N7O. The van der Waals surface area contributed by atoms with E-state index in [9.17, 15) is 4.79 Å². The van der Waals surface area contributed by atoms with Crippen LogP contribution in [-0.2, 0) is 18.4 Å². The quantitative estimate of drug-likeness (QED) is 0.787. The zero-order valence-corrected chi connectivity index (χ0v) is 14.1. The summed E-state index contributed by atoms with van der Waals surface area (Å²) in [5, 5.41) is 19.3. The second kappa shape index (κ2) is 6.23. The zero-order chi connectivity index (χ0) is 17.3. The lowest BCUT2D eigenvalue weighted by Crippen LogP contribution is -2.21. The minimum Gasteiger partial charge on any atom is -0.321 e. The van der Waals surface area contributed by atoms with Gasteiger partial charge in [-0.15, -0.1) is 10.2 Å². The number of nitrogens with one attached hydrogen (secondary N) is 1. The van der Waals surface area contributed by atoms with Crippen LogP contribution in [0.1, 0.15) is 17.0 Å². The smallest absolute Gasteiger partial charge is 0.248 e. The van der Waals surface area contributed by atoms with Crippen LogP contribution >= 0.6 is 0 Å². The number of amides is 1. The van der Waals surface area contributed by atoms with Gasteiger partial charge in [0.05, 0.1) is 17.1 Å². The van der Waals surface area contributed by atoms with Gasteiger partial charge >= 0.3 is 0 Å². The van der Waals surface area contributed by atoms with Crippen LogP contribution in [0, 0.1) is 20.8 Å². The van der Waals surface area contributed by atoms with Crippen LogP contribution in [0.25, 0.3) is 11.4 Å². The van der Waals surface area contributed by atoms with Crippen LogP contribution in [-0.4, -0.2) is 35.9 Å². The number of tetrazole rings is 1. The summed E-state index contributed by atoms with van der Waals surface area (Å²) in [7, 11) is 1.84. The molecule has 24 heavy (non-hydrogen) atoms. The van der Waals surface area contributed by atoms with E-state index in [1.807, 2.05) is 52.1 Å². The summed E-state index contributed by atoms with van der Waals surface area (Å²) in [6.45, 7) is 5.76. The molecule has 0 atom stereocenters. The molecule has 8 heteroatoms. The lowest BCUT2D eigenvalue weighted by atomic mass is 10.1. The first-order valence-corrected chi connectivity index (χ1v) is 7.59. The van der Waals surface area contributed by atoms with Crippen LogP contribution in [0.15, 0.2) is 24.3 Å². The fourth-order valence-corrected chi connectivity index (χ4v) is 2.39. The van der Waals surface area contributed by atoms with Crippen LogP contribution in [0.5, 0.6) is 0 Å². The Kier molecular flexibility index (Phi) is 4.11. The van der Waals surface area contributed by atoms with E-state index in [1.54, 1.807) is 4.68 Å². The molecule has 0 fully saturated rings. The molecule has 1 aromatic carbocycles. The second-order valence-corrected chi connectivity index (χ2v) is 5.73. The lowest BCUT2D eigenvalue weighted by Gasteiger charge is -2.04. The van der Waals surface area contributed by atoms with E-state index in [2.05, 4.69) is 25.8 Å². The standard InChI is InChI=1S/C16H19N7O/c1-10-5-7-13(8-6-10)16-18-21-23(20-16)9-14(24)17-15-11(2)19-22(4)12(15)3/h5-8H,9H2,1-4H3,(H,17,24). The highest BCUT2D eigenvalue weighted by molar-refractivity contribution is 5.91. The third-order valence-electron chi connectivity index (χ3n) is 3.82. The summed E-state index contributed by atoms with van der Waals surface area (Å²) >= 11 is 0. The van der Waals surface area contributed by atoms with Crippen molar-refractivity contribution in [3.63, 3.8) is 0 Å². The third-order valence-corrected chi connectivity index (χ3v) is 3.82. The van der Waals surface area contributed by atoms with Crippen LogP contribution in [0.4, 0.5) is 5.69 Å². The maximum atomic E-state index is 12.2. The largest absolute Gasteiger partial charge is 0.321 e. The van der Waals surface area contributed by atoms with Crippen molar-refractivity contribution in [3.05, 3.63) is 41.2 Å². The Morgan fingerprint density at radius 3 is 2.46 bits per heavy atom. The molecule has 3 aromatic rings. The summed E-state index contributed by atoms with van der Waals surface area (Å²) in [4.78, 5) is 13.5. The molecule has 0 aliphatic heterocycles. The molecule has 0 saturated carbocycles. The highest BCUT2D eigenvalue weighted by Gasteiger charge is 2.14. The van der Waals surface area contributed by atoms with Crippen LogP contribution in [0.2, 0.25) is 0 Å². The second-order valence-electron chi connectivity index (χ2n) is 5.73. The summed E-state index contributed by atoms with van der Waals surface area (Å²) in [6, 6.07) is 7.83. The highest BCUT2D eigenvalue weighted by atomic mass is 16.2. The molecule has 2 aromatic heterocycles. The summed E-state index contributed by atoms with van der Waals surface area (Å²) in [5.41, 5.74) is 4.42. The van der Waals surface area contributed by atoms with Crippen molar-refractivity contribution in [2.75, 3.05) is 5.32 Å². The number of nitrogens with zero attached hydrogens (tertiary/aromatic N) is 6. The van der Waals surface area contributed by atoms with E-state index < -0.39 is 0 Å². The number of hydrogen-bond acceptors (Lipinski definition) is 5. The molecular weight excluding hydrogens is 306 g/mol. The van der Waals surface area contributed by atoms with Gasteiger partial charge in [0.2, 0.25) is 11.7 Å². The van der Waals surface area contributed by atoms with Gasteiger partial charge in [0.15, 0.2) is 0 Å². The third kappa shape index (κ3) is 3.17. The monoisotopic (exact) mass is 325 g/mol. The molecule has 2 heterocycles. The Labute approximate surface area is 139 Å². The normalized spacial score (nSPS) is 10.8. The van der Waals surface area contributed by atoms with Crippen molar-refractivity contribution in [1.29, 1.82) is 0 Å². The van der Waals surface area contributed by atoms with Gasteiger partial charge in [-0.3, -0.25) is 9.48 Å². The van der Waals surface area contributed by atoms with E-state index in [4.69, 9.17) is 0 Å². The molecule has 8 nitrogen and oxygen atoms in total. The maximum absolute atomic E-state index is 12.2. The molecule has 0 bridgehead atoms. The minimum atomic E-state index is -0.220. The van der Waals surface area contributed by atoms with Crippen LogP contribution < -0.4 is 5.32 Å². The molecule has 0 unspecified atom stereocenters. The fourth-order valence-electron chi connectivity index (χ4n) is 2.39. The highest BCUT2D eigenvalue weighted by Crippen LogP contribution is 2.18. The number of hydrogen-bond donors (Lipinski definition) is 1. The molecule has 124 valence electrons. The Morgan fingerprint density at radius 1 is 1.12 bits per heavy atom. The number of benzene rings is 1. The number of aromatic nitrogens is 6. The Hall–Kier alpha value is -3.03. The number of rotatable bonds is 4. The molecule has 0 saturated heterocycles. The molecule has 0 aliphatic rings. The summed E-state index contributed by atoms with van der Waals surface area (Å²) < 4.78 is 1.73. The molecule has 0 radical (unpaired) electrons. The average molecular weight is 325 g/mol. The first-order valence-electron chi connectivity index (χ1n) is 7.59. The molecule has 0 spiro atoms. The molecule has 0 aliphatic carbocycles. The van der Waals surface area contributed by atoms with E-state index in [-0.39, 0.29) is 12.5 Å². The fraction of sp³-hybridized carbons (Fsp3) is 0.312. The summed E-state index contributed by atoms with van der Waals surface area (Å²) in [6.07, 6.45) is 0. The van der Waals surface area contributed by atoms with Crippen molar-refractivity contribution in [2.24, 2.45) is 7.05 Å². The SMILES string of the molecule is Cc1ccc(-c2nnn(CC(=O)Nc3c(C)nn(C)c3C)n2)cc1. The Bertz CT molecular complexity index is 876. The van der Waals surface area contributed by atoms with Crippen molar-refractivity contribution in [2.45, 2.75) is 27.3 Å². The summed E-state index contributed by atoms with van der Waals surface area (Å²) in [5.74, 6) is 0.276.